The maximum atomic E-state index is 9.50. The Morgan fingerprint density at radius 3 is 2.90 bits per heavy atom. The van der Waals surface area contributed by atoms with E-state index in [-0.39, 0.29) is 0 Å². The topological polar surface area (TPSA) is 62.5 Å². The van der Waals surface area contributed by atoms with E-state index in [0.717, 1.165) is 28.2 Å². The fourth-order valence-corrected chi connectivity index (χ4v) is 2.09. The zero-order valence-corrected chi connectivity index (χ0v) is 11.5. The van der Waals surface area contributed by atoms with Gasteiger partial charge in [-0.3, -0.25) is 0 Å². The summed E-state index contributed by atoms with van der Waals surface area (Å²) in [5, 5.41) is 17.2. The molecule has 5 heteroatoms. The minimum atomic E-state index is 0.311. The lowest BCUT2D eigenvalue weighted by atomic mass is 10.2. The van der Waals surface area contributed by atoms with Crippen molar-refractivity contribution >= 4 is 11.3 Å². The first kappa shape index (κ1) is 12.5. The van der Waals surface area contributed by atoms with E-state index in [4.69, 9.17) is 0 Å². The number of benzene rings is 1. The van der Waals surface area contributed by atoms with E-state index >= 15 is 0 Å². The summed E-state index contributed by atoms with van der Waals surface area (Å²) in [4.78, 5) is 4.37. The normalized spacial score (nSPS) is 10.9. The maximum absolute atomic E-state index is 9.50. The van der Waals surface area contributed by atoms with Gasteiger partial charge in [0.25, 0.3) is 0 Å². The number of nitrogens with zero attached hydrogens (tertiary/aromatic N) is 3. The molecular formula is C15H16N4O. The lowest BCUT2D eigenvalue weighted by Crippen LogP contribution is -2.02. The number of aromatic hydroxyl groups is 1. The average molecular weight is 268 g/mol. The van der Waals surface area contributed by atoms with Crippen molar-refractivity contribution in [3.63, 3.8) is 0 Å². The predicted octanol–water partition coefficient (Wildman–Crippen LogP) is 2.66. The zero-order chi connectivity index (χ0) is 14.1. The quantitative estimate of drug-likeness (QED) is 0.717. The SMILES string of the molecule is Cc1cc2ncc(CNc3ccc(O)c(C)c3)cn2n1. The van der Waals surface area contributed by atoms with E-state index in [9.17, 15) is 5.11 Å². The number of nitrogens with one attached hydrogen (secondary N) is 1. The van der Waals surface area contributed by atoms with E-state index < -0.39 is 0 Å². The summed E-state index contributed by atoms with van der Waals surface area (Å²) in [5.41, 5.74) is 4.68. The molecule has 2 heterocycles. The van der Waals surface area contributed by atoms with E-state index in [1.165, 1.54) is 0 Å². The van der Waals surface area contributed by atoms with Crippen LogP contribution in [0.25, 0.3) is 5.65 Å². The Kier molecular flexibility index (Phi) is 3.02. The second kappa shape index (κ2) is 4.85. The predicted molar refractivity (Wildman–Crippen MR) is 77.9 cm³/mol. The van der Waals surface area contributed by atoms with Gasteiger partial charge >= 0.3 is 0 Å². The Hall–Kier alpha value is -2.56. The molecule has 0 unspecified atom stereocenters. The molecule has 0 aliphatic heterocycles. The van der Waals surface area contributed by atoms with Crippen LogP contribution in [0.3, 0.4) is 0 Å². The van der Waals surface area contributed by atoms with Gasteiger partial charge in [-0.15, -0.1) is 0 Å². The summed E-state index contributed by atoms with van der Waals surface area (Å²) < 4.78 is 1.79. The van der Waals surface area contributed by atoms with E-state index in [1.54, 1.807) is 10.6 Å². The highest BCUT2D eigenvalue weighted by Crippen LogP contribution is 2.20. The number of anilines is 1. The maximum Gasteiger partial charge on any atom is 0.155 e. The van der Waals surface area contributed by atoms with Crippen LogP contribution in [0.4, 0.5) is 5.69 Å². The molecule has 0 radical (unpaired) electrons. The summed E-state index contributed by atoms with van der Waals surface area (Å²) in [7, 11) is 0. The highest BCUT2D eigenvalue weighted by Gasteiger charge is 2.02. The van der Waals surface area contributed by atoms with E-state index in [2.05, 4.69) is 15.4 Å². The molecule has 3 aromatic rings. The Morgan fingerprint density at radius 1 is 1.25 bits per heavy atom. The molecular weight excluding hydrogens is 252 g/mol. The van der Waals surface area contributed by atoms with Crippen molar-refractivity contribution in [3.8, 4) is 5.75 Å². The van der Waals surface area contributed by atoms with Gasteiger partial charge in [0.1, 0.15) is 5.75 Å². The number of fused-ring (bicyclic) bond motifs is 1. The first-order chi connectivity index (χ1) is 9.61. The van der Waals surface area contributed by atoms with Crippen LogP contribution in [0.2, 0.25) is 0 Å². The second-order valence-corrected chi connectivity index (χ2v) is 4.91. The molecule has 0 saturated carbocycles. The average Bonchev–Trinajstić information content (AvgIpc) is 2.79. The van der Waals surface area contributed by atoms with Crippen LogP contribution in [-0.2, 0) is 6.54 Å². The lowest BCUT2D eigenvalue weighted by molar-refractivity contribution is 0.471. The van der Waals surface area contributed by atoms with Gasteiger partial charge in [0.05, 0.1) is 5.69 Å². The highest BCUT2D eigenvalue weighted by atomic mass is 16.3. The monoisotopic (exact) mass is 268 g/mol. The molecule has 1 aromatic carbocycles. The van der Waals surface area contributed by atoms with Crippen LogP contribution in [0.5, 0.6) is 5.75 Å². The zero-order valence-electron chi connectivity index (χ0n) is 11.5. The third-order valence-corrected chi connectivity index (χ3v) is 3.18. The summed E-state index contributed by atoms with van der Waals surface area (Å²) in [6.07, 6.45) is 3.81. The first-order valence-electron chi connectivity index (χ1n) is 6.46. The van der Waals surface area contributed by atoms with Gasteiger partial charge in [-0.25, -0.2) is 9.50 Å². The molecule has 0 bridgehead atoms. The highest BCUT2D eigenvalue weighted by molar-refractivity contribution is 5.50. The molecule has 0 fully saturated rings. The number of phenolic OH excluding ortho intramolecular Hbond substituents is 1. The molecule has 0 aliphatic carbocycles. The molecule has 0 spiro atoms. The number of aryl methyl sites for hydroxylation is 2. The van der Waals surface area contributed by atoms with Crippen LogP contribution in [0.15, 0.2) is 36.7 Å². The Balaban J connectivity index is 1.77. The van der Waals surface area contributed by atoms with E-state index in [0.29, 0.717) is 12.3 Å². The Bertz CT molecular complexity index is 764. The Labute approximate surface area is 116 Å². The summed E-state index contributed by atoms with van der Waals surface area (Å²) >= 11 is 0. The number of aromatic nitrogens is 3. The number of rotatable bonds is 3. The minimum absolute atomic E-state index is 0.311. The van der Waals surface area contributed by atoms with Crippen molar-refractivity contribution in [3.05, 3.63) is 53.5 Å². The lowest BCUT2D eigenvalue weighted by Gasteiger charge is -2.08. The van der Waals surface area contributed by atoms with Crippen molar-refractivity contribution in [2.45, 2.75) is 20.4 Å². The number of hydrogen-bond acceptors (Lipinski definition) is 4. The number of phenols is 1. The van der Waals surface area contributed by atoms with Crippen molar-refractivity contribution in [1.29, 1.82) is 0 Å². The molecule has 0 amide bonds. The molecule has 0 atom stereocenters. The van der Waals surface area contributed by atoms with Crippen molar-refractivity contribution in [2.75, 3.05) is 5.32 Å². The van der Waals surface area contributed by atoms with Gasteiger partial charge in [0, 0.05) is 36.3 Å². The van der Waals surface area contributed by atoms with Gasteiger partial charge in [-0.1, -0.05) is 0 Å². The molecule has 2 N–H and O–H groups in total. The van der Waals surface area contributed by atoms with Crippen LogP contribution in [0, 0.1) is 13.8 Å². The third-order valence-electron chi connectivity index (χ3n) is 3.18. The van der Waals surface area contributed by atoms with Crippen molar-refractivity contribution in [2.24, 2.45) is 0 Å². The largest absolute Gasteiger partial charge is 0.508 e. The second-order valence-electron chi connectivity index (χ2n) is 4.91. The van der Waals surface area contributed by atoms with Crippen LogP contribution >= 0.6 is 0 Å². The van der Waals surface area contributed by atoms with Crippen molar-refractivity contribution in [1.82, 2.24) is 14.6 Å². The fourth-order valence-electron chi connectivity index (χ4n) is 2.09. The van der Waals surface area contributed by atoms with Crippen LogP contribution in [0.1, 0.15) is 16.8 Å². The smallest absolute Gasteiger partial charge is 0.155 e. The summed E-state index contributed by atoms with van der Waals surface area (Å²) in [5.74, 6) is 0.311. The molecule has 102 valence electrons. The van der Waals surface area contributed by atoms with Gasteiger partial charge in [0.2, 0.25) is 0 Å². The molecule has 0 saturated heterocycles. The summed E-state index contributed by atoms with van der Waals surface area (Å²) in [6, 6.07) is 7.40. The van der Waals surface area contributed by atoms with Gasteiger partial charge in [0.15, 0.2) is 5.65 Å². The summed E-state index contributed by atoms with van der Waals surface area (Å²) in [6.45, 7) is 4.48. The van der Waals surface area contributed by atoms with Crippen molar-refractivity contribution < 1.29 is 5.11 Å². The molecule has 20 heavy (non-hydrogen) atoms. The van der Waals surface area contributed by atoms with Crippen LogP contribution in [-0.4, -0.2) is 19.7 Å². The van der Waals surface area contributed by atoms with Crippen LogP contribution < -0.4 is 5.32 Å². The fraction of sp³-hybridized carbons (Fsp3) is 0.200. The first-order valence-corrected chi connectivity index (χ1v) is 6.46. The minimum Gasteiger partial charge on any atom is -0.508 e. The third kappa shape index (κ3) is 2.42. The number of hydrogen-bond donors (Lipinski definition) is 2. The molecule has 2 aromatic heterocycles. The van der Waals surface area contributed by atoms with Gasteiger partial charge < -0.3 is 10.4 Å². The van der Waals surface area contributed by atoms with E-state index in [1.807, 2.05) is 44.4 Å². The van der Waals surface area contributed by atoms with Gasteiger partial charge in [-0.05, 0) is 37.6 Å². The molecule has 0 aliphatic rings. The standard InChI is InChI=1S/C15H16N4O/c1-10-5-13(3-4-14(10)20)16-7-12-8-17-15-6-11(2)18-19(15)9-12/h3-6,8-9,16,20H,7H2,1-2H3. The Morgan fingerprint density at radius 2 is 2.10 bits per heavy atom. The molecule has 5 nitrogen and oxygen atoms in total. The van der Waals surface area contributed by atoms with Gasteiger partial charge in [-0.2, -0.15) is 5.10 Å². The molecule has 3 rings (SSSR count).